The zero-order chi connectivity index (χ0) is 21.0. The van der Waals surface area contributed by atoms with E-state index in [4.69, 9.17) is 4.74 Å². The van der Waals surface area contributed by atoms with Gasteiger partial charge in [0.1, 0.15) is 0 Å². The summed E-state index contributed by atoms with van der Waals surface area (Å²) in [4.78, 5) is 12.4. The molecule has 2 aromatic carbocycles. The molecule has 0 spiro atoms. The topological polar surface area (TPSA) is 84.5 Å². The molecule has 29 heavy (non-hydrogen) atoms. The number of nitrogens with one attached hydrogen (secondary N) is 2. The minimum Gasteiger partial charge on any atom is -0.377 e. The van der Waals surface area contributed by atoms with Gasteiger partial charge in [-0.25, -0.2) is 21.9 Å². The number of sulfonamides is 1. The zero-order valence-corrected chi connectivity index (χ0v) is 16.6. The van der Waals surface area contributed by atoms with E-state index in [-0.39, 0.29) is 23.1 Å². The van der Waals surface area contributed by atoms with Crippen molar-refractivity contribution in [1.29, 1.82) is 0 Å². The Labute approximate surface area is 168 Å². The molecule has 3 rings (SSSR count). The maximum atomic E-state index is 13.4. The van der Waals surface area contributed by atoms with Gasteiger partial charge in [0, 0.05) is 18.7 Å². The number of carbonyl (C=O) groups excluding carboxylic acids is 1. The number of rotatable bonds is 7. The summed E-state index contributed by atoms with van der Waals surface area (Å²) in [6.07, 6.45) is 1.62. The summed E-state index contributed by atoms with van der Waals surface area (Å²) >= 11 is 0. The highest BCUT2D eigenvalue weighted by Crippen LogP contribution is 2.18. The van der Waals surface area contributed by atoms with Gasteiger partial charge in [0.25, 0.3) is 5.91 Å². The van der Waals surface area contributed by atoms with Crippen molar-refractivity contribution >= 4 is 15.9 Å². The van der Waals surface area contributed by atoms with Crippen LogP contribution in [-0.2, 0) is 14.8 Å². The Morgan fingerprint density at radius 3 is 2.52 bits per heavy atom. The smallest absolute Gasteiger partial charge is 0.251 e. The van der Waals surface area contributed by atoms with Crippen LogP contribution >= 0.6 is 0 Å². The summed E-state index contributed by atoms with van der Waals surface area (Å²) in [5, 5.41) is 2.67. The Balaban J connectivity index is 1.62. The van der Waals surface area contributed by atoms with Crippen molar-refractivity contribution in [1.82, 2.24) is 10.0 Å². The fraction of sp³-hybridized carbons (Fsp3) is 0.350. The van der Waals surface area contributed by atoms with Crippen LogP contribution in [0.25, 0.3) is 0 Å². The lowest BCUT2D eigenvalue weighted by Crippen LogP contribution is -2.32. The number of benzene rings is 2. The number of amides is 1. The van der Waals surface area contributed by atoms with Crippen molar-refractivity contribution in [2.24, 2.45) is 0 Å². The number of halogens is 2. The molecule has 0 saturated carbocycles. The maximum Gasteiger partial charge on any atom is 0.251 e. The first-order chi connectivity index (χ1) is 13.8. The molecule has 0 radical (unpaired) electrons. The molecule has 1 aliphatic heterocycles. The van der Waals surface area contributed by atoms with E-state index in [0.29, 0.717) is 12.2 Å². The average molecular weight is 424 g/mol. The second kappa shape index (κ2) is 8.98. The summed E-state index contributed by atoms with van der Waals surface area (Å²) in [5.74, 6) is -2.41. The molecule has 1 fully saturated rings. The van der Waals surface area contributed by atoms with E-state index in [9.17, 15) is 22.0 Å². The number of carbonyl (C=O) groups is 1. The van der Waals surface area contributed by atoms with Gasteiger partial charge in [-0.1, -0.05) is 6.07 Å². The Morgan fingerprint density at radius 2 is 1.90 bits per heavy atom. The van der Waals surface area contributed by atoms with Gasteiger partial charge in [-0.3, -0.25) is 4.79 Å². The molecule has 0 aliphatic carbocycles. The molecule has 2 N–H and O–H groups in total. The summed E-state index contributed by atoms with van der Waals surface area (Å²) in [6.45, 7) is 2.48. The third kappa shape index (κ3) is 5.37. The van der Waals surface area contributed by atoms with Crippen molar-refractivity contribution in [3.8, 4) is 0 Å². The predicted octanol–water partition coefficient (Wildman–Crippen LogP) is 2.91. The molecule has 0 bridgehead atoms. The second-order valence-corrected chi connectivity index (χ2v) is 8.65. The lowest BCUT2D eigenvalue weighted by Gasteiger charge is -2.15. The fourth-order valence-electron chi connectivity index (χ4n) is 3.02. The van der Waals surface area contributed by atoms with E-state index in [1.165, 1.54) is 30.3 Å². The van der Waals surface area contributed by atoms with E-state index in [1.54, 1.807) is 6.92 Å². The third-order valence-corrected chi connectivity index (χ3v) is 6.18. The van der Waals surface area contributed by atoms with E-state index in [0.717, 1.165) is 25.0 Å². The van der Waals surface area contributed by atoms with Crippen LogP contribution in [-0.4, -0.2) is 33.6 Å². The summed E-state index contributed by atoms with van der Waals surface area (Å²) in [6, 6.07) is 8.32. The SMILES string of the molecule is CC(NC(=O)c1ccc(S(=O)(=O)NCC2CCCO2)cc1)c1ccc(F)c(F)c1. The Kier molecular flexibility index (Phi) is 6.61. The van der Waals surface area contributed by atoms with E-state index in [1.807, 2.05) is 0 Å². The maximum absolute atomic E-state index is 13.4. The molecule has 1 saturated heterocycles. The van der Waals surface area contributed by atoms with Gasteiger partial charge in [0.15, 0.2) is 11.6 Å². The molecular weight excluding hydrogens is 402 g/mol. The molecule has 9 heteroatoms. The second-order valence-electron chi connectivity index (χ2n) is 6.88. The summed E-state index contributed by atoms with van der Waals surface area (Å²) < 4.78 is 59.0. The molecule has 1 amide bonds. The number of hydrogen-bond donors (Lipinski definition) is 2. The van der Waals surface area contributed by atoms with Gasteiger partial charge in [-0.2, -0.15) is 0 Å². The summed E-state index contributed by atoms with van der Waals surface area (Å²) in [7, 11) is -3.70. The van der Waals surface area contributed by atoms with Gasteiger partial charge >= 0.3 is 0 Å². The van der Waals surface area contributed by atoms with Crippen LogP contribution in [0.5, 0.6) is 0 Å². The van der Waals surface area contributed by atoms with Crippen molar-refractivity contribution in [3.05, 3.63) is 65.2 Å². The molecule has 0 aromatic heterocycles. The zero-order valence-electron chi connectivity index (χ0n) is 15.8. The van der Waals surface area contributed by atoms with Crippen molar-refractivity contribution in [3.63, 3.8) is 0 Å². The molecule has 2 unspecified atom stereocenters. The first-order valence-electron chi connectivity index (χ1n) is 9.23. The molecule has 1 heterocycles. The van der Waals surface area contributed by atoms with Gasteiger partial charge in [0.2, 0.25) is 10.0 Å². The van der Waals surface area contributed by atoms with Crippen molar-refractivity contribution in [2.45, 2.75) is 36.8 Å². The highest BCUT2D eigenvalue weighted by atomic mass is 32.2. The van der Waals surface area contributed by atoms with Crippen LogP contribution in [0.2, 0.25) is 0 Å². The van der Waals surface area contributed by atoms with Crippen molar-refractivity contribution < 1.29 is 26.7 Å². The Bertz CT molecular complexity index is 974. The highest BCUT2D eigenvalue weighted by molar-refractivity contribution is 7.89. The predicted molar refractivity (Wildman–Crippen MR) is 103 cm³/mol. The quantitative estimate of drug-likeness (QED) is 0.716. The fourth-order valence-corrected chi connectivity index (χ4v) is 4.09. The minimum absolute atomic E-state index is 0.0423. The van der Waals surface area contributed by atoms with Gasteiger partial charge in [0.05, 0.1) is 17.0 Å². The molecular formula is C20H22F2N2O4S. The first kappa shape index (κ1) is 21.4. The number of ether oxygens (including phenoxy) is 1. The normalized spacial score (nSPS) is 17.8. The third-order valence-electron chi connectivity index (χ3n) is 4.74. The van der Waals surface area contributed by atoms with Crippen LogP contribution in [0.4, 0.5) is 8.78 Å². The van der Waals surface area contributed by atoms with Crippen LogP contribution in [0.15, 0.2) is 47.4 Å². The van der Waals surface area contributed by atoms with Gasteiger partial charge in [-0.05, 0) is 61.7 Å². The lowest BCUT2D eigenvalue weighted by molar-refractivity contribution is 0.0939. The van der Waals surface area contributed by atoms with Crippen LogP contribution in [0, 0.1) is 11.6 Å². The van der Waals surface area contributed by atoms with Crippen LogP contribution in [0.3, 0.4) is 0 Å². The standard InChI is InChI=1S/C20H22F2N2O4S/c1-13(15-6-9-18(21)19(22)11-15)24-20(25)14-4-7-17(8-5-14)29(26,27)23-12-16-3-2-10-28-16/h4-9,11,13,16,23H,2-3,10,12H2,1H3,(H,24,25). The van der Waals surface area contributed by atoms with Gasteiger partial charge in [-0.15, -0.1) is 0 Å². The van der Waals surface area contributed by atoms with Gasteiger partial charge < -0.3 is 10.1 Å². The van der Waals surface area contributed by atoms with Crippen LogP contribution in [0.1, 0.15) is 41.7 Å². The molecule has 6 nitrogen and oxygen atoms in total. The minimum atomic E-state index is -3.70. The highest BCUT2D eigenvalue weighted by Gasteiger charge is 2.21. The molecule has 2 aromatic rings. The molecule has 156 valence electrons. The molecule has 2 atom stereocenters. The first-order valence-corrected chi connectivity index (χ1v) is 10.7. The van der Waals surface area contributed by atoms with Crippen LogP contribution < -0.4 is 10.0 Å². The Morgan fingerprint density at radius 1 is 1.17 bits per heavy atom. The molecule has 1 aliphatic rings. The van der Waals surface area contributed by atoms with Crippen molar-refractivity contribution in [2.75, 3.05) is 13.2 Å². The average Bonchev–Trinajstić information content (AvgIpc) is 3.22. The summed E-state index contributed by atoms with van der Waals surface area (Å²) in [5.41, 5.74) is 0.660. The van der Waals surface area contributed by atoms with E-state index >= 15 is 0 Å². The van der Waals surface area contributed by atoms with E-state index < -0.39 is 33.6 Å². The van der Waals surface area contributed by atoms with E-state index in [2.05, 4.69) is 10.0 Å². The monoisotopic (exact) mass is 424 g/mol. The largest absolute Gasteiger partial charge is 0.377 e. The Hall–Kier alpha value is -2.36. The number of hydrogen-bond acceptors (Lipinski definition) is 4. The lowest BCUT2D eigenvalue weighted by atomic mass is 10.1.